The number of nitrogens with one attached hydrogen (secondary N) is 1. The second-order valence-corrected chi connectivity index (χ2v) is 9.29. The summed E-state index contributed by atoms with van der Waals surface area (Å²) in [4.78, 5) is 39.0. The van der Waals surface area contributed by atoms with Crippen LogP contribution in [0.2, 0.25) is 0 Å². The number of alkyl halides is 3. The SMILES string of the molecule is CS(=O)(=O)CC[C@H](C(=O)Nc1cccc(C(F)(F)F)c1)N1C(=O)c2ccccc2C1=O. The van der Waals surface area contributed by atoms with Gasteiger partial charge in [0.2, 0.25) is 5.91 Å². The quantitative estimate of drug-likeness (QED) is 0.677. The molecule has 31 heavy (non-hydrogen) atoms. The molecule has 11 heteroatoms. The number of hydrogen-bond donors (Lipinski definition) is 1. The third kappa shape index (κ3) is 4.93. The van der Waals surface area contributed by atoms with Crippen molar-refractivity contribution < 1.29 is 36.0 Å². The average Bonchev–Trinajstić information content (AvgIpc) is 2.92. The van der Waals surface area contributed by atoms with E-state index in [1.54, 1.807) is 0 Å². The number of amides is 3. The Bertz CT molecular complexity index is 1130. The molecule has 0 bridgehead atoms. The molecular formula is C20H17F3N2O5S. The second kappa shape index (κ2) is 8.14. The molecular weight excluding hydrogens is 437 g/mol. The molecule has 3 rings (SSSR count). The monoisotopic (exact) mass is 454 g/mol. The Morgan fingerprint density at radius 2 is 1.61 bits per heavy atom. The lowest BCUT2D eigenvalue weighted by Crippen LogP contribution is -2.48. The molecule has 0 aromatic heterocycles. The molecule has 2 aromatic rings. The van der Waals surface area contributed by atoms with Crippen molar-refractivity contribution >= 4 is 33.2 Å². The molecule has 1 atom stereocenters. The van der Waals surface area contributed by atoms with Crippen molar-refractivity contribution in [3.63, 3.8) is 0 Å². The molecule has 0 spiro atoms. The Labute approximate surface area is 175 Å². The second-order valence-electron chi connectivity index (χ2n) is 7.03. The first kappa shape index (κ1) is 22.5. The van der Waals surface area contributed by atoms with Crippen molar-refractivity contribution in [3.8, 4) is 0 Å². The number of hydrogen-bond acceptors (Lipinski definition) is 5. The number of anilines is 1. The molecule has 0 saturated carbocycles. The van der Waals surface area contributed by atoms with Gasteiger partial charge < -0.3 is 5.32 Å². The number of sulfone groups is 1. The van der Waals surface area contributed by atoms with Gasteiger partial charge in [-0.1, -0.05) is 18.2 Å². The lowest BCUT2D eigenvalue weighted by molar-refractivity contribution is -0.137. The first-order valence-electron chi connectivity index (χ1n) is 9.01. The standard InChI is InChI=1S/C20H17F3N2O5S/c1-31(29,30)10-9-16(25-18(27)14-7-2-3-8-15(14)19(25)28)17(26)24-13-6-4-5-12(11-13)20(21,22)23/h2-8,11,16H,9-10H2,1H3,(H,24,26)/t16-/m1/s1. The molecule has 2 aromatic carbocycles. The van der Waals surface area contributed by atoms with Crippen LogP contribution in [-0.4, -0.2) is 49.1 Å². The number of halogens is 3. The predicted molar refractivity (Wildman–Crippen MR) is 105 cm³/mol. The number of fused-ring (bicyclic) bond motifs is 1. The van der Waals surface area contributed by atoms with E-state index in [0.29, 0.717) is 11.0 Å². The summed E-state index contributed by atoms with van der Waals surface area (Å²) in [5.41, 5.74) is -1.09. The topological polar surface area (TPSA) is 101 Å². The van der Waals surface area contributed by atoms with Crippen LogP contribution in [-0.2, 0) is 20.8 Å². The van der Waals surface area contributed by atoms with E-state index in [1.165, 1.54) is 30.3 Å². The minimum Gasteiger partial charge on any atom is -0.324 e. The van der Waals surface area contributed by atoms with Crippen molar-refractivity contribution in [1.29, 1.82) is 0 Å². The lowest BCUT2D eigenvalue weighted by Gasteiger charge is -2.25. The van der Waals surface area contributed by atoms with Crippen LogP contribution in [0, 0.1) is 0 Å². The Hall–Kier alpha value is -3.21. The summed E-state index contributed by atoms with van der Waals surface area (Å²) in [5, 5.41) is 2.26. The van der Waals surface area contributed by atoms with E-state index in [0.717, 1.165) is 18.4 Å². The molecule has 1 heterocycles. The van der Waals surface area contributed by atoms with Crippen LogP contribution in [0.15, 0.2) is 48.5 Å². The molecule has 0 fully saturated rings. The van der Waals surface area contributed by atoms with E-state index < -0.39 is 57.5 Å². The highest BCUT2D eigenvalue weighted by atomic mass is 32.2. The highest BCUT2D eigenvalue weighted by Crippen LogP contribution is 2.31. The summed E-state index contributed by atoms with van der Waals surface area (Å²) in [6, 6.07) is 8.14. The van der Waals surface area contributed by atoms with Gasteiger partial charge in [0.05, 0.1) is 22.4 Å². The Morgan fingerprint density at radius 3 is 2.13 bits per heavy atom. The molecule has 1 aliphatic heterocycles. The third-order valence-electron chi connectivity index (χ3n) is 4.66. The Kier molecular flexibility index (Phi) is 5.90. The minimum absolute atomic E-state index is 0.0590. The number of carbonyl (C=O) groups excluding carboxylic acids is 3. The number of carbonyl (C=O) groups is 3. The van der Waals surface area contributed by atoms with Crippen molar-refractivity contribution in [3.05, 3.63) is 65.2 Å². The number of benzene rings is 2. The Morgan fingerprint density at radius 1 is 1.03 bits per heavy atom. The average molecular weight is 454 g/mol. The summed E-state index contributed by atoms with van der Waals surface area (Å²) in [6.07, 6.45) is -4.12. The lowest BCUT2D eigenvalue weighted by atomic mass is 10.1. The summed E-state index contributed by atoms with van der Waals surface area (Å²) in [7, 11) is -3.56. The Balaban J connectivity index is 1.92. The van der Waals surface area contributed by atoms with E-state index in [9.17, 15) is 36.0 Å². The molecule has 1 N–H and O–H groups in total. The fourth-order valence-electron chi connectivity index (χ4n) is 3.19. The van der Waals surface area contributed by atoms with Crippen LogP contribution in [0.5, 0.6) is 0 Å². The summed E-state index contributed by atoms with van der Waals surface area (Å²) < 4.78 is 62.1. The summed E-state index contributed by atoms with van der Waals surface area (Å²) in [6.45, 7) is 0. The molecule has 0 aliphatic carbocycles. The molecule has 1 aliphatic rings. The van der Waals surface area contributed by atoms with Crippen LogP contribution < -0.4 is 5.32 Å². The van der Waals surface area contributed by atoms with Crippen molar-refractivity contribution in [2.24, 2.45) is 0 Å². The van der Waals surface area contributed by atoms with E-state index in [2.05, 4.69) is 5.32 Å². The normalized spacial score (nSPS) is 15.0. The zero-order valence-electron chi connectivity index (χ0n) is 16.1. The largest absolute Gasteiger partial charge is 0.416 e. The van der Waals surface area contributed by atoms with Gasteiger partial charge in [0.15, 0.2) is 0 Å². The molecule has 7 nitrogen and oxygen atoms in total. The zero-order chi connectivity index (χ0) is 23.0. The smallest absolute Gasteiger partial charge is 0.324 e. The first-order valence-corrected chi connectivity index (χ1v) is 11.1. The van der Waals surface area contributed by atoms with Crippen LogP contribution in [0.4, 0.5) is 18.9 Å². The van der Waals surface area contributed by atoms with E-state index in [4.69, 9.17) is 0 Å². The highest BCUT2D eigenvalue weighted by molar-refractivity contribution is 7.90. The van der Waals surface area contributed by atoms with Gasteiger partial charge in [0, 0.05) is 11.9 Å². The predicted octanol–water partition coefficient (Wildman–Crippen LogP) is 2.74. The van der Waals surface area contributed by atoms with Gasteiger partial charge in [-0.05, 0) is 36.8 Å². The number of nitrogens with zero attached hydrogens (tertiary/aromatic N) is 1. The minimum atomic E-state index is -4.64. The molecule has 0 radical (unpaired) electrons. The van der Waals surface area contributed by atoms with E-state index >= 15 is 0 Å². The van der Waals surface area contributed by atoms with Gasteiger partial charge in [0.25, 0.3) is 11.8 Å². The van der Waals surface area contributed by atoms with Gasteiger partial charge >= 0.3 is 6.18 Å². The van der Waals surface area contributed by atoms with Gasteiger partial charge in [-0.25, -0.2) is 8.42 Å². The van der Waals surface area contributed by atoms with Crippen LogP contribution >= 0.6 is 0 Å². The maximum Gasteiger partial charge on any atom is 0.416 e. The number of imide groups is 1. The maximum absolute atomic E-state index is 12.9. The summed E-state index contributed by atoms with van der Waals surface area (Å²) >= 11 is 0. The summed E-state index contributed by atoms with van der Waals surface area (Å²) in [5.74, 6) is -3.05. The van der Waals surface area contributed by atoms with Gasteiger partial charge in [0.1, 0.15) is 15.9 Å². The van der Waals surface area contributed by atoms with Gasteiger partial charge in [-0.15, -0.1) is 0 Å². The highest BCUT2D eigenvalue weighted by Gasteiger charge is 2.43. The van der Waals surface area contributed by atoms with Crippen molar-refractivity contribution in [1.82, 2.24) is 4.90 Å². The fourth-order valence-corrected chi connectivity index (χ4v) is 3.84. The zero-order valence-corrected chi connectivity index (χ0v) is 17.0. The van der Waals surface area contributed by atoms with Crippen LogP contribution in [0.25, 0.3) is 0 Å². The molecule has 0 saturated heterocycles. The molecule has 0 unspecified atom stereocenters. The van der Waals surface area contributed by atoms with Crippen molar-refractivity contribution in [2.45, 2.75) is 18.6 Å². The number of rotatable bonds is 6. The third-order valence-corrected chi connectivity index (χ3v) is 5.64. The fraction of sp³-hybridized carbons (Fsp3) is 0.250. The van der Waals surface area contributed by atoms with Crippen LogP contribution in [0.3, 0.4) is 0 Å². The molecule has 3 amide bonds. The van der Waals surface area contributed by atoms with Crippen LogP contribution in [0.1, 0.15) is 32.7 Å². The van der Waals surface area contributed by atoms with Crippen molar-refractivity contribution in [2.75, 3.05) is 17.3 Å². The van der Waals surface area contributed by atoms with Gasteiger partial charge in [-0.3, -0.25) is 19.3 Å². The molecule has 164 valence electrons. The maximum atomic E-state index is 12.9. The van der Waals surface area contributed by atoms with E-state index in [1.807, 2.05) is 0 Å². The van der Waals surface area contributed by atoms with E-state index in [-0.39, 0.29) is 16.8 Å². The van der Waals surface area contributed by atoms with Gasteiger partial charge in [-0.2, -0.15) is 13.2 Å². The first-order chi connectivity index (χ1) is 14.4.